The molecule has 1 aromatic rings. The highest BCUT2D eigenvalue weighted by Gasteiger charge is 2.18. The van der Waals surface area contributed by atoms with Crippen molar-refractivity contribution < 1.29 is 4.79 Å². The Morgan fingerprint density at radius 3 is 2.84 bits per heavy atom. The first-order chi connectivity index (χ1) is 9.22. The van der Waals surface area contributed by atoms with Crippen LogP contribution in [-0.2, 0) is 6.54 Å². The number of hydrazine groups is 1. The van der Waals surface area contributed by atoms with E-state index in [-0.39, 0.29) is 5.91 Å². The molecule has 1 atom stereocenters. The van der Waals surface area contributed by atoms with E-state index in [2.05, 4.69) is 29.0 Å². The fourth-order valence-electron chi connectivity index (χ4n) is 2.27. The second-order valence-electron chi connectivity index (χ2n) is 4.81. The lowest BCUT2D eigenvalue weighted by atomic mass is 10.1. The van der Waals surface area contributed by atoms with E-state index in [1.807, 2.05) is 24.3 Å². The van der Waals surface area contributed by atoms with Crippen LogP contribution in [0.25, 0.3) is 0 Å². The molecule has 5 heteroatoms. The van der Waals surface area contributed by atoms with Crippen LogP contribution in [0.4, 0.5) is 0 Å². The first-order valence-electron chi connectivity index (χ1n) is 6.66. The Morgan fingerprint density at radius 1 is 1.47 bits per heavy atom. The summed E-state index contributed by atoms with van der Waals surface area (Å²) in [4.78, 5) is 13.8. The van der Waals surface area contributed by atoms with E-state index in [9.17, 15) is 4.79 Å². The number of nitrogens with zero attached hydrogens (tertiary/aromatic N) is 1. The maximum Gasteiger partial charge on any atom is 0.265 e. The van der Waals surface area contributed by atoms with Gasteiger partial charge in [0.15, 0.2) is 0 Å². The zero-order valence-electron chi connectivity index (χ0n) is 11.3. The minimum atomic E-state index is -0.244. The molecular formula is C14H21N3OS. The highest BCUT2D eigenvalue weighted by Crippen LogP contribution is 2.22. The molecule has 1 fully saturated rings. The number of nitrogens with two attached hydrogens (primary N) is 1. The summed E-state index contributed by atoms with van der Waals surface area (Å²) in [6.45, 7) is 5.52. The summed E-state index contributed by atoms with van der Waals surface area (Å²) in [5.41, 5.74) is 3.99. The van der Waals surface area contributed by atoms with E-state index in [0.717, 1.165) is 24.9 Å². The third-order valence-electron chi connectivity index (χ3n) is 3.43. The van der Waals surface area contributed by atoms with Crippen LogP contribution in [0.2, 0.25) is 0 Å². The Labute approximate surface area is 118 Å². The fraction of sp³-hybridized carbons (Fsp3) is 0.500. The molecule has 2 rings (SSSR count). The van der Waals surface area contributed by atoms with Gasteiger partial charge in [0.05, 0.1) is 0 Å². The molecule has 1 aliphatic heterocycles. The van der Waals surface area contributed by atoms with Gasteiger partial charge >= 0.3 is 0 Å². The molecule has 1 saturated heterocycles. The number of nitrogen functional groups attached to an aromatic ring is 1. The van der Waals surface area contributed by atoms with Gasteiger partial charge in [0.1, 0.15) is 0 Å². The van der Waals surface area contributed by atoms with Gasteiger partial charge in [-0.05, 0) is 24.1 Å². The van der Waals surface area contributed by atoms with Crippen molar-refractivity contribution in [2.45, 2.75) is 25.1 Å². The SMILES string of the molecule is CCC1CN(Cc2ccc(C(=O)NN)cc2)CCS1. The minimum Gasteiger partial charge on any atom is -0.297 e. The lowest BCUT2D eigenvalue weighted by molar-refractivity contribution is 0.0953. The number of hydrogen-bond donors (Lipinski definition) is 2. The van der Waals surface area contributed by atoms with Crippen LogP contribution in [0.5, 0.6) is 0 Å². The highest BCUT2D eigenvalue weighted by atomic mass is 32.2. The number of rotatable bonds is 4. The van der Waals surface area contributed by atoms with Crippen molar-refractivity contribution in [2.75, 3.05) is 18.8 Å². The fourth-order valence-corrected chi connectivity index (χ4v) is 3.52. The number of thioether (sulfide) groups is 1. The molecule has 1 aromatic carbocycles. The summed E-state index contributed by atoms with van der Waals surface area (Å²) >= 11 is 2.08. The molecule has 0 radical (unpaired) electrons. The van der Waals surface area contributed by atoms with Gasteiger partial charge in [0, 0.05) is 36.2 Å². The van der Waals surface area contributed by atoms with E-state index in [1.165, 1.54) is 17.7 Å². The Hall–Kier alpha value is -1.04. The normalized spacial score (nSPS) is 20.2. The number of hydrogen-bond acceptors (Lipinski definition) is 4. The topological polar surface area (TPSA) is 58.4 Å². The standard InChI is InChI=1S/C14H21N3OS/c1-2-13-10-17(7-8-19-13)9-11-3-5-12(6-4-11)14(18)16-15/h3-6,13H,2,7-10,15H2,1H3,(H,16,18). The van der Waals surface area contributed by atoms with Gasteiger partial charge in [-0.1, -0.05) is 19.1 Å². The Bertz CT molecular complexity index is 421. The van der Waals surface area contributed by atoms with Crippen molar-refractivity contribution in [1.82, 2.24) is 10.3 Å². The maximum absolute atomic E-state index is 11.3. The van der Waals surface area contributed by atoms with Crippen LogP contribution < -0.4 is 11.3 Å². The first kappa shape index (κ1) is 14.4. The molecule has 3 N–H and O–H groups in total. The summed E-state index contributed by atoms with van der Waals surface area (Å²) in [5.74, 6) is 6.08. The molecule has 0 aliphatic carbocycles. The molecule has 0 spiro atoms. The highest BCUT2D eigenvalue weighted by molar-refractivity contribution is 8.00. The van der Waals surface area contributed by atoms with Gasteiger partial charge in [-0.3, -0.25) is 15.1 Å². The average Bonchev–Trinajstić information content (AvgIpc) is 2.47. The van der Waals surface area contributed by atoms with E-state index in [1.54, 1.807) is 0 Å². The smallest absolute Gasteiger partial charge is 0.265 e. The van der Waals surface area contributed by atoms with Crippen LogP contribution in [0, 0.1) is 0 Å². The quantitative estimate of drug-likeness (QED) is 0.499. The molecule has 1 heterocycles. The van der Waals surface area contributed by atoms with Crippen LogP contribution >= 0.6 is 11.8 Å². The minimum absolute atomic E-state index is 0.244. The van der Waals surface area contributed by atoms with Crippen molar-refractivity contribution in [3.8, 4) is 0 Å². The number of nitrogens with one attached hydrogen (secondary N) is 1. The molecule has 1 aliphatic rings. The second-order valence-corrected chi connectivity index (χ2v) is 6.21. The molecule has 0 aromatic heterocycles. The lowest BCUT2D eigenvalue weighted by Crippen LogP contribution is -2.37. The molecule has 0 saturated carbocycles. The number of carbonyl (C=O) groups excluding carboxylic acids is 1. The van der Waals surface area contributed by atoms with Gasteiger partial charge in [0.25, 0.3) is 5.91 Å². The van der Waals surface area contributed by atoms with E-state index < -0.39 is 0 Å². The maximum atomic E-state index is 11.3. The molecule has 1 unspecified atom stereocenters. The van der Waals surface area contributed by atoms with Crippen LogP contribution in [0.3, 0.4) is 0 Å². The van der Waals surface area contributed by atoms with Crippen LogP contribution in [0.15, 0.2) is 24.3 Å². The zero-order chi connectivity index (χ0) is 13.7. The Kier molecular flexibility index (Phi) is 5.24. The average molecular weight is 279 g/mol. The van der Waals surface area contributed by atoms with Crippen molar-refractivity contribution in [1.29, 1.82) is 0 Å². The van der Waals surface area contributed by atoms with Gasteiger partial charge in [-0.25, -0.2) is 5.84 Å². The predicted molar refractivity (Wildman–Crippen MR) is 79.9 cm³/mol. The summed E-state index contributed by atoms with van der Waals surface area (Å²) in [6.07, 6.45) is 1.23. The van der Waals surface area contributed by atoms with E-state index in [4.69, 9.17) is 5.84 Å². The lowest BCUT2D eigenvalue weighted by Gasteiger charge is -2.31. The number of carbonyl (C=O) groups is 1. The molecule has 1 amide bonds. The van der Waals surface area contributed by atoms with Crippen LogP contribution in [0.1, 0.15) is 29.3 Å². The van der Waals surface area contributed by atoms with Gasteiger partial charge in [-0.2, -0.15) is 11.8 Å². The summed E-state index contributed by atoms with van der Waals surface area (Å²) < 4.78 is 0. The monoisotopic (exact) mass is 279 g/mol. The Morgan fingerprint density at radius 2 is 2.21 bits per heavy atom. The van der Waals surface area contributed by atoms with Gasteiger partial charge in [0.2, 0.25) is 0 Å². The second kappa shape index (κ2) is 6.93. The molecule has 0 bridgehead atoms. The van der Waals surface area contributed by atoms with Crippen LogP contribution in [-0.4, -0.2) is 34.9 Å². The van der Waals surface area contributed by atoms with Gasteiger partial charge < -0.3 is 0 Å². The third-order valence-corrected chi connectivity index (χ3v) is 4.80. The van der Waals surface area contributed by atoms with Crippen molar-refractivity contribution in [2.24, 2.45) is 5.84 Å². The molecule has 19 heavy (non-hydrogen) atoms. The number of amides is 1. The third kappa shape index (κ3) is 3.96. The summed E-state index contributed by atoms with van der Waals surface area (Å²) in [7, 11) is 0. The molecular weight excluding hydrogens is 258 g/mol. The van der Waals surface area contributed by atoms with E-state index >= 15 is 0 Å². The predicted octanol–water partition coefficient (Wildman–Crippen LogP) is 1.62. The Balaban J connectivity index is 1.94. The largest absolute Gasteiger partial charge is 0.297 e. The summed E-state index contributed by atoms with van der Waals surface area (Å²) in [6, 6.07) is 7.67. The zero-order valence-corrected chi connectivity index (χ0v) is 12.1. The molecule has 4 nitrogen and oxygen atoms in total. The van der Waals surface area contributed by atoms with Crippen molar-refractivity contribution >= 4 is 17.7 Å². The van der Waals surface area contributed by atoms with E-state index in [0.29, 0.717) is 5.56 Å². The summed E-state index contributed by atoms with van der Waals surface area (Å²) in [5, 5.41) is 0.760. The first-order valence-corrected chi connectivity index (χ1v) is 7.71. The van der Waals surface area contributed by atoms with Crippen molar-refractivity contribution in [3.05, 3.63) is 35.4 Å². The number of benzene rings is 1. The van der Waals surface area contributed by atoms with Crippen molar-refractivity contribution in [3.63, 3.8) is 0 Å². The van der Waals surface area contributed by atoms with Gasteiger partial charge in [-0.15, -0.1) is 0 Å². The molecule has 104 valence electrons.